The van der Waals surface area contributed by atoms with E-state index in [0.717, 1.165) is 5.69 Å². The Hall–Kier alpha value is -3.11. The lowest BCUT2D eigenvalue weighted by Gasteiger charge is -2.09. The molecule has 2 aromatic rings. The van der Waals surface area contributed by atoms with Gasteiger partial charge in [0.2, 0.25) is 0 Å². The van der Waals surface area contributed by atoms with Crippen LogP contribution in [0.3, 0.4) is 0 Å². The highest BCUT2D eigenvalue weighted by atomic mass is 16.5. The van der Waals surface area contributed by atoms with Gasteiger partial charge in [0.05, 0.1) is 12.2 Å². The van der Waals surface area contributed by atoms with Crippen LogP contribution in [0, 0.1) is 11.3 Å². The minimum Gasteiger partial charge on any atom is -0.461 e. The average Bonchev–Trinajstić information content (AvgIpc) is 2.97. The lowest BCUT2D eigenvalue weighted by Crippen LogP contribution is -2.25. The minimum atomic E-state index is -0.479. The summed E-state index contributed by atoms with van der Waals surface area (Å²) in [5, 5.41) is 12.3. The summed E-state index contributed by atoms with van der Waals surface area (Å²) in [7, 11) is 3.24. The number of carbonyl (C=O) groups excluding carboxylic acids is 2. The summed E-state index contributed by atoms with van der Waals surface area (Å²) in [6, 6.07) is 8.95. The van der Waals surface area contributed by atoms with Crippen molar-refractivity contribution < 1.29 is 19.1 Å². The number of ether oxygens (including phenoxy) is 2. The number of rotatable bonds is 7. The lowest BCUT2D eigenvalue weighted by molar-refractivity contribution is 0.0515. The van der Waals surface area contributed by atoms with Gasteiger partial charge >= 0.3 is 5.97 Å². The molecule has 0 unspecified atom stereocenters. The molecule has 2 rings (SSSR count). The van der Waals surface area contributed by atoms with E-state index < -0.39 is 5.97 Å². The third-order valence-electron chi connectivity index (χ3n) is 4.24. The van der Waals surface area contributed by atoms with Gasteiger partial charge in [-0.2, -0.15) is 5.26 Å². The van der Waals surface area contributed by atoms with Crippen molar-refractivity contribution in [2.75, 3.05) is 20.4 Å². The van der Waals surface area contributed by atoms with Gasteiger partial charge in [-0.1, -0.05) is 19.1 Å². The SMILES string of the molecule is CCOC(=O)c1c(-c2ccc(C(=O)NCOC)cc2)c(C#N)c(CC)n1C. The number of amides is 1. The second-order valence-corrected chi connectivity index (χ2v) is 5.81. The molecule has 7 nitrogen and oxygen atoms in total. The second kappa shape index (κ2) is 9.01. The van der Waals surface area contributed by atoms with E-state index >= 15 is 0 Å². The number of hydrogen-bond donors (Lipinski definition) is 1. The zero-order valence-corrected chi connectivity index (χ0v) is 16.0. The molecule has 0 spiro atoms. The van der Waals surface area contributed by atoms with E-state index in [1.165, 1.54) is 7.11 Å². The number of methoxy groups -OCH3 is 1. The Bertz CT molecular complexity index is 876. The maximum atomic E-state index is 12.5. The fraction of sp³-hybridized carbons (Fsp3) is 0.350. The number of aromatic nitrogens is 1. The Labute approximate surface area is 158 Å². The van der Waals surface area contributed by atoms with Crippen molar-refractivity contribution in [2.24, 2.45) is 7.05 Å². The molecule has 142 valence electrons. The molecular weight excluding hydrogens is 346 g/mol. The number of nitrogens with one attached hydrogen (secondary N) is 1. The second-order valence-electron chi connectivity index (χ2n) is 5.81. The molecular formula is C20H23N3O4. The zero-order valence-electron chi connectivity index (χ0n) is 16.0. The van der Waals surface area contributed by atoms with Gasteiger partial charge in [-0.25, -0.2) is 4.79 Å². The van der Waals surface area contributed by atoms with E-state index in [1.807, 2.05) is 6.92 Å². The van der Waals surface area contributed by atoms with Gasteiger partial charge in [-0.3, -0.25) is 4.79 Å². The van der Waals surface area contributed by atoms with Crippen LogP contribution >= 0.6 is 0 Å². The third kappa shape index (κ3) is 4.01. The standard InChI is InChI=1S/C20H23N3O4/c1-5-16-15(11-21)17(18(23(16)3)20(25)27-6-2)13-7-9-14(10-8-13)19(24)22-12-26-4/h7-10H,5-6,12H2,1-4H3,(H,22,24). The molecule has 0 fully saturated rings. The van der Waals surface area contributed by atoms with Crippen LogP contribution in [-0.4, -0.2) is 36.9 Å². The Morgan fingerprint density at radius 3 is 2.41 bits per heavy atom. The van der Waals surface area contributed by atoms with Crippen LogP contribution in [0.25, 0.3) is 11.1 Å². The lowest BCUT2D eigenvalue weighted by atomic mass is 9.98. The highest BCUT2D eigenvalue weighted by molar-refractivity contribution is 5.99. The van der Waals surface area contributed by atoms with Gasteiger partial charge < -0.3 is 19.4 Å². The molecule has 0 aliphatic rings. The van der Waals surface area contributed by atoms with Crippen molar-refractivity contribution in [3.8, 4) is 17.2 Å². The smallest absolute Gasteiger partial charge is 0.355 e. The fourth-order valence-corrected chi connectivity index (χ4v) is 3.01. The molecule has 0 atom stereocenters. The summed E-state index contributed by atoms with van der Waals surface area (Å²) >= 11 is 0. The highest BCUT2D eigenvalue weighted by Gasteiger charge is 2.26. The molecule has 1 N–H and O–H groups in total. The molecule has 0 saturated carbocycles. The van der Waals surface area contributed by atoms with E-state index in [2.05, 4.69) is 11.4 Å². The predicted molar refractivity (Wildman–Crippen MR) is 100 cm³/mol. The number of carbonyl (C=O) groups is 2. The van der Waals surface area contributed by atoms with E-state index in [1.54, 1.807) is 42.8 Å². The van der Waals surface area contributed by atoms with E-state index in [0.29, 0.717) is 34.4 Å². The van der Waals surface area contributed by atoms with Crippen molar-refractivity contribution in [2.45, 2.75) is 20.3 Å². The minimum absolute atomic E-state index is 0.116. The van der Waals surface area contributed by atoms with Crippen molar-refractivity contribution in [1.29, 1.82) is 5.26 Å². The summed E-state index contributed by atoms with van der Waals surface area (Å²) in [4.78, 5) is 24.5. The molecule has 0 bridgehead atoms. The third-order valence-corrected chi connectivity index (χ3v) is 4.24. The summed E-state index contributed by atoms with van der Waals surface area (Å²) in [5.74, 6) is -0.745. The Balaban J connectivity index is 2.55. The maximum absolute atomic E-state index is 12.5. The predicted octanol–water partition coefficient (Wildman–Crippen LogP) is 2.64. The quantitative estimate of drug-likeness (QED) is 0.598. The highest BCUT2D eigenvalue weighted by Crippen LogP contribution is 2.33. The molecule has 1 amide bonds. The summed E-state index contributed by atoms with van der Waals surface area (Å²) in [6.45, 7) is 4.02. The van der Waals surface area contributed by atoms with Gasteiger partial charge in [0.25, 0.3) is 5.91 Å². The normalized spacial score (nSPS) is 10.3. The fourth-order valence-electron chi connectivity index (χ4n) is 3.01. The van der Waals surface area contributed by atoms with Crippen LogP contribution in [0.2, 0.25) is 0 Å². The largest absolute Gasteiger partial charge is 0.461 e. The number of esters is 1. The van der Waals surface area contributed by atoms with Crippen LogP contribution in [0.4, 0.5) is 0 Å². The summed E-state index contributed by atoms with van der Waals surface area (Å²) in [6.07, 6.45) is 0.601. The summed E-state index contributed by atoms with van der Waals surface area (Å²) in [5.41, 5.74) is 3.20. The van der Waals surface area contributed by atoms with Crippen LogP contribution in [0.5, 0.6) is 0 Å². The monoisotopic (exact) mass is 369 g/mol. The van der Waals surface area contributed by atoms with Crippen molar-refractivity contribution in [3.63, 3.8) is 0 Å². The number of benzene rings is 1. The Morgan fingerprint density at radius 2 is 1.89 bits per heavy atom. The first-order valence-electron chi connectivity index (χ1n) is 8.66. The molecule has 0 saturated heterocycles. The first-order valence-corrected chi connectivity index (χ1v) is 8.66. The van der Waals surface area contributed by atoms with Gasteiger partial charge in [0.1, 0.15) is 18.5 Å². The van der Waals surface area contributed by atoms with Crippen molar-refractivity contribution >= 4 is 11.9 Å². The van der Waals surface area contributed by atoms with E-state index in [4.69, 9.17) is 9.47 Å². The molecule has 1 aromatic heterocycles. The van der Waals surface area contributed by atoms with E-state index in [-0.39, 0.29) is 19.2 Å². The molecule has 0 radical (unpaired) electrons. The van der Waals surface area contributed by atoms with Crippen LogP contribution in [0.1, 0.15) is 46.0 Å². The number of nitrogens with zero attached hydrogens (tertiary/aromatic N) is 2. The zero-order chi connectivity index (χ0) is 20.0. The van der Waals surface area contributed by atoms with Crippen LogP contribution in [-0.2, 0) is 22.9 Å². The van der Waals surface area contributed by atoms with Crippen LogP contribution in [0.15, 0.2) is 24.3 Å². The topological polar surface area (TPSA) is 93.4 Å². The molecule has 1 aromatic carbocycles. The van der Waals surface area contributed by atoms with Gasteiger partial charge in [0, 0.05) is 31.0 Å². The van der Waals surface area contributed by atoms with Crippen molar-refractivity contribution in [3.05, 3.63) is 46.8 Å². The first kappa shape index (κ1) is 20.2. The van der Waals surface area contributed by atoms with E-state index in [9.17, 15) is 14.9 Å². The number of hydrogen-bond acceptors (Lipinski definition) is 5. The molecule has 0 aliphatic carbocycles. The maximum Gasteiger partial charge on any atom is 0.355 e. The van der Waals surface area contributed by atoms with Crippen LogP contribution < -0.4 is 5.32 Å². The van der Waals surface area contributed by atoms with Gasteiger partial charge in [0.15, 0.2) is 0 Å². The average molecular weight is 369 g/mol. The molecule has 0 aliphatic heterocycles. The first-order chi connectivity index (χ1) is 13.0. The molecule has 7 heteroatoms. The summed E-state index contributed by atoms with van der Waals surface area (Å²) < 4.78 is 11.7. The van der Waals surface area contributed by atoms with Gasteiger partial charge in [-0.15, -0.1) is 0 Å². The molecule has 27 heavy (non-hydrogen) atoms. The Kier molecular flexibility index (Phi) is 6.74. The Morgan fingerprint density at radius 1 is 1.22 bits per heavy atom. The van der Waals surface area contributed by atoms with Crippen molar-refractivity contribution in [1.82, 2.24) is 9.88 Å². The molecule has 1 heterocycles. The number of nitriles is 1. The van der Waals surface area contributed by atoms with Gasteiger partial charge in [-0.05, 0) is 31.0 Å².